The van der Waals surface area contributed by atoms with Crippen molar-refractivity contribution in [2.75, 3.05) is 13.2 Å². The second kappa shape index (κ2) is 6.03. The van der Waals surface area contributed by atoms with Crippen molar-refractivity contribution < 1.29 is 14.3 Å². The highest BCUT2D eigenvalue weighted by molar-refractivity contribution is 6.08. The van der Waals surface area contributed by atoms with Gasteiger partial charge in [0.15, 0.2) is 0 Å². The molecule has 0 aromatic heterocycles. The monoisotopic (exact) mass is 239 g/mol. The number of allylic oxidation sites excluding steroid dienone is 1. The van der Waals surface area contributed by atoms with Gasteiger partial charge in [0.1, 0.15) is 5.70 Å². The third-order valence-electron chi connectivity index (χ3n) is 2.23. The fourth-order valence-corrected chi connectivity index (χ4v) is 1.53. The van der Waals surface area contributed by atoms with Crippen LogP contribution in [0.15, 0.2) is 16.4 Å². The SMILES string of the molecule is CCOC(=O)/C(N)=C(\NC(C)=O)C1=NCCC1. The van der Waals surface area contributed by atoms with E-state index in [1.54, 1.807) is 6.92 Å². The van der Waals surface area contributed by atoms with Crippen molar-refractivity contribution in [3.63, 3.8) is 0 Å². The highest BCUT2D eigenvalue weighted by Gasteiger charge is 2.20. The summed E-state index contributed by atoms with van der Waals surface area (Å²) in [5.74, 6) is -0.923. The van der Waals surface area contributed by atoms with Gasteiger partial charge in [-0.25, -0.2) is 4.79 Å². The molecular formula is C11H17N3O3. The van der Waals surface area contributed by atoms with Crippen LogP contribution in [-0.2, 0) is 14.3 Å². The summed E-state index contributed by atoms with van der Waals surface area (Å²) in [4.78, 5) is 26.8. The first-order valence-corrected chi connectivity index (χ1v) is 5.54. The lowest BCUT2D eigenvalue weighted by atomic mass is 10.1. The van der Waals surface area contributed by atoms with Crippen LogP contribution in [0.3, 0.4) is 0 Å². The van der Waals surface area contributed by atoms with Crippen LogP contribution in [0.1, 0.15) is 26.7 Å². The van der Waals surface area contributed by atoms with E-state index in [0.717, 1.165) is 6.42 Å². The van der Waals surface area contributed by atoms with Gasteiger partial charge < -0.3 is 15.8 Å². The average Bonchev–Trinajstić information content (AvgIpc) is 2.78. The van der Waals surface area contributed by atoms with E-state index in [2.05, 4.69) is 10.3 Å². The number of aliphatic imine (C=N–C) groups is 1. The number of hydrogen-bond acceptors (Lipinski definition) is 5. The molecule has 1 heterocycles. The van der Waals surface area contributed by atoms with Crippen LogP contribution < -0.4 is 11.1 Å². The Morgan fingerprint density at radius 3 is 2.71 bits per heavy atom. The van der Waals surface area contributed by atoms with Crippen molar-refractivity contribution in [2.45, 2.75) is 26.7 Å². The molecule has 0 aromatic carbocycles. The summed E-state index contributed by atoms with van der Waals surface area (Å²) in [6.07, 6.45) is 1.60. The van der Waals surface area contributed by atoms with Crippen molar-refractivity contribution in [3.05, 3.63) is 11.4 Å². The molecule has 0 aliphatic carbocycles. The minimum absolute atomic E-state index is 0.0947. The predicted molar refractivity (Wildman–Crippen MR) is 63.2 cm³/mol. The van der Waals surface area contributed by atoms with Crippen LogP contribution in [0, 0.1) is 0 Å². The van der Waals surface area contributed by atoms with E-state index >= 15 is 0 Å². The Balaban J connectivity index is 2.98. The molecule has 3 N–H and O–H groups in total. The number of nitrogens with zero attached hydrogens (tertiary/aromatic N) is 1. The van der Waals surface area contributed by atoms with Gasteiger partial charge in [-0.15, -0.1) is 0 Å². The second-order valence-corrected chi connectivity index (χ2v) is 3.62. The molecule has 1 aliphatic heterocycles. The molecular weight excluding hydrogens is 222 g/mol. The molecule has 1 aliphatic rings. The Kier molecular flexibility index (Phi) is 4.68. The lowest BCUT2D eigenvalue weighted by molar-refractivity contribution is -0.138. The van der Waals surface area contributed by atoms with Crippen molar-refractivity contribution in [2.24, 2.45) is 10.7 Å². The maximum absolute atomic E-state index is 11.5. The summed E-state index contributed by atoms with van der Waals surface area (Å²) in [5.41, 5.74) is 6.53. The highest BCUT2D eigenvalue weighted by Crippen LogP contribution is 2.12. The summed E-state index contributed by atoms with van der Waals surface area (Å²) in [5, 5.41) is 2.54. The van der Waals surface area contributed by atoms with E-state index in [-0.39, 0.29) is 23.9 Å². The third kappa shape index (κ3) is 3.58. The van der Waals surface area contributed by atoms with Crippen molar-refractivity contribution in [1.82, 2.24) is 5.32 Å². The van der Waals surface area contributed by atoms with Gasteiger partial charge in [0, 0.05) is 13.5 Å². The predicted octanol–water partition coefficient (Wildman–Crippen LogP) is 0.0907. The summed E-state index contributed by atoms with van der Waals surface area (Å²) >= 11 is 0. The van der Waals surface area contributed by atoms with Crippen LogP contribution in [-0.4, -0.2) is 30.7 Å². The van der Waals surface area contributed by atoms with Crippen molar-refractivity contribution >= 4 is 17.6 Å². The highest BCUT2D eigenvalue weighted by atomic mass is 16.5. The number of carbonyl (C=O) groups is 2. The number of hydrogen-bond donors (Lipinski definition) is 2. The van der Waals surface area contributed by atoms with E-state index < -0.39 is 5.97 Å². The van der Waals surface area contributed by atoms with Gasteiger partial charge in [-0.2, -0.15) is 0 Å². The molecule has 0 saturated heterocycles. The Bertz CT molecular complexity index is 385. The summed E-state index contributed by atoms with van der Waals surface area (Å²) in [7, 11) is 0. The minimum atomic E-state index is -0.633. The van der Waals surface area contributed by atoms with Gasteiger partial charge >= 0.3 is 5.97 Å². The van der Waals surface area contributed by atoms with Crippen LogP contribution in [0.5, 0.6) is 0 Å². The number of carbonyl (C=O) groups excluding carboxylic acids is 2. The normalized spacial score (nSPS) is 16.0. The first-order valence-electron chi connectivity index (χ1n) is 5.54. The van der Waals surface area contributed by atoms with E-state index in [1.807, 2.05) is 0 Å². The molecule has 0 aromatic rings. The van der Waals surface area contributed by atoms with Crippen LogP contribution in [0.2, 0.25) is 0 Å². The molecule has 1 amide bonds. The fraction of sp³-hybridized carbons (Fsp3) is 0.545. The van der Waals surface area contributed by atoms with Gasteiger partial charge in [0.25, 0.3) is 0 Å². The maximum Gasteiger partial charge on any atom is 0.356 e. The maximum atomic E-state index is 11.5. The zero-order valence-corrected chi connectivity index (χ0v) is 10.1. The fourth-order valence-electron chi connectivity index (χ4n) is 1.53. The Hall–Kier alpha value is -1.85. The first-order chi connectivity index (χ1) is 8.06. The minimum Gasteiger partial charge on any atom is -0.461 e. The Labute approximate surface area is 99.9 Å². The Morgan fingerprint density at radius 2 is 2.24 bits per heavy atom. The molecule has 1 rings (SSSR count). The number of rotatable bonds is 4. The lowest BCUT2D eigenvalue weighted by Gasteiger charge is -2.11. The lowest BCUT2D eigenvalue weighted by Crippen LogP contribution is -2.31. The molecule has 6 nitrogen and oxygen atoms in total. The van der Waals surface area contributed by atoms with E-state index in [9.17, 15) is 9.59 Å². The average molecular weight is 239 g/mol. The number of amides is 1. The van der Waals surface area contributed by atoms with E-state index in [1.165, 1.54) is 6.92 Å². The molecule has 0 radical (unpaired) electrons. The van der Waals surface area contributed by atoms with Crippen molar-refractivity contribution in [3.8, 4) is 0 Å². The molecule has 6 heteroatoms. The van der Waals surface area contributed by atoms with Gasteiger partial charge in [0.05, 0.1) is 18.0 Å². The molecule has 0 bridgehead atoms. The van der Waals surface area contributed by atoms with Gasteiger partial charge in [0.2, 0.25) is 5.91 Å². The third-order valence-corrected chi connectivity index (χ3v) is 2.23. The molecule has 0 spiro atoms. The first kappa shape index (κ1) is 13.2. The van der Waals surface area contributed by atoms with Crippen LogP contribution in [0.4, 0.5) is 0 Å². The van der Waals surface area contributed by atoms with Crippen LogP contribution >= 0.6 is 0 Å². The Morgan fingerprint density at radius 1 is 1.53 bits per heavy atom. The molecule has 94 valence electrons. The summed E-state index contributed by atoms with van der Waals surface area (Å²) in [6, 6.07) is 0. The zero-order chi connectivity index (χ0) is 12.8. The topological polar surface area (TPSA) is 93.8 Å². The number of esters is 1. The molecule has 0 unspecified atom stereocenters. The molecule has 0 atom stereocenters. The van der Waals surface area contributed by atoms with Gasteiger partial charge in [-0.1, -0.05) is 0 Å². The smallest absolute Gasteiger partial charge is 0.356 e. The molecule has 0 fully saturated rings. The molecule has 0 saturated carbocycles. The number of nitrogens with two attached hydrogens (primary N) is 1. The quantitative estimate of drug-likeness (QED) is 0.537. The largest absolute Gasteiger partial charge is 0.461 e. The number of nitrogens with one attached hydrogen (secondary N) is 1. The summed E-state index contributed by atoms with van der Waals surface area (Å²) < 4.78 is 4.80. The van der Waals surface area contributed by atoms with Gasteiger partial charge in [-0.3, -0.25) is 9.79 Å². The molecule has 17 heavy (non-hydrogen) atoms. The van der Waals surface area contributed by atoms with Crippen LogP contribution in [0.25, 0.3) is 0 Å². The number of ether oxygens (including phenoxy) is 1. The zero-order valence-electron chi connectivity index (χ0n) is 10.1. The van der Waals surface area contributed by atoms with E-state index in [4.69, 9.17) is 10.5 Å². The summed E-state index contributed by atoms with van der Waals surface area (Å²) in [6.45, 7) is 3.97. The van der Waals surface area contributed by atoms with E-state index in [0.29, 0.717) is 18.7 Å². The van der Waals surface area contributed by atoms with Crippen molar-refractivity contribution in [1.29, 1.82) is 0 Å². The van der Waals surface area contributed by atoms with Gasteiger partial charge in [-0.05, 0) is 19.8 Å². The standard InChI is InChI=1S/C11H17N3O3/c1-3-17-11(16)9(12)10(14-7(2)15)8-5-4-6-13-8/h3-6,12H2,1-2H3,(H,14,15)/b10-9+. The second-order valence-electron chi connectivity index (χ2n) is 3.62.